The Morgan fingerprint density at radius 1 is 1.05 bits per heavy atom. The highest BCUT2D eigenvalue weighted by molar-refractivity contribution is 7.12. The molecule has 2 aromatic rings. The molecule has 0 fully saturated rings. The van der Waals surface area contributed by atoms with Crippen LogP contribution < -0.4 is 16.4 Å². The van der Waals surface area contributed by atoms with Crippen molar-refractivity contribution in [2.45, 2.75) is 13.8 Å². The lowest BCUT2D eigenvalue weighted by Gasteiger charge is -2.09. The number of hydrogen-bond donors (Lipinski definition) is 3. The maximum Gasteiger partial charge on any atom is 0.267 e. The molecule has 5 nitrogen and oxygen atoms in total. The van der Waals surface area contributed by atoms with Crippen LogP contribution in [0, 0.1) is 5.92 Å². The van der Waals surface area contributed by atoms with Gasteiger partial charge in [-0.05, 0) is 35.7 Å². The topological polar surface area (TPSA) is 84.2 Å². The van der Waals surface area contributed by atoms with E-state index >= 15 is 0 Å². The van der Waals surface area contributed by atoms with E-state index in [2.05, 4.69) is 10.6 Å². The molecule has 0 radical (unpaired) electrons. The Kier molecular flexibility index (Phi) is 4.59. The number of thiophene rings is 1. The highest BCUT2D eigenvalue weighted by atomic mass is 32.1. The SMILES string of the molecule is CC(C)C(=O)Nc1ccc(NC(=O)c2sccc2N)cc1. The van der Waals surface area contributed by atoms with E-state index in [1.54, 1.807) is 35.7 Å². The highest BCUT2D eigenvalue weighted by Gasteiger charge is 2.11. The van der Waals surface area contributed by atoms with Crippen LogP contribution in [0.4, 0.5) is 17.1 Å². The third kappa shape index (κ3) is 3.82. The Morgan fingerprint density at radius 2 is 1.62 bits per heavy atom. The molecule has 0 bridgehead atoms. The van der Waals surface area contributed by atoms with Crippen molar-refractivity contribution >= 4 is 40.2 Å². The van der Waals surface area contributed by atoms with Crippen LogP contribution in [0.25, 0.3) is 0 Å². The zero-order chi connectivity index (χ0) is 15.4. The molecule has 1 aromatic carbocycles. The maximum atomic E-state index is 12.0. The molecule has 1 heterocycles. The van der Waals surface area contributed by atoms with Crippen LogP contribution in [0.15, 0.2) is 35.7 Å². The zero-order valence-corrected chi connectivity index (χ0v) is 12.7. The Bertz CT molecular complexity index is 647. The Morgan fingerprint density at radius 3 is 2.10 bits per heavy atom. The minimum absolute atomic E-state index is 0.0434. The van der Waals surface area contributed by atoms with Gasteiger partial charge in [-0.15, -0.1) is 11.3 Å². The molecule has 21 heavy (non-hydrogen) atoms. The molecule has 0 spiro atoms. The minimum atomic E-state index is -0.235. The van der Waals surface area contributed by atoms with Crippen molar-refractivity contribution < 1.29 is 9.59 Å². The van der Waals surface area contributed by atoms with Crippen molar-refractivity contribution in [3.05, 3.63) is 40.6 Å². The third-order valence-electron chi connectivity index (χ3n) is 2.84. The molecule has 0 aliphatic heterocycles. The Labute approximate surface area is 127 Å². The molecule has 110 valence electrons. The third-order valence-corrected chi connectivity index (χ3v) is 3.77. The average Bonchev–Trinajstić information content (AvgIpc) is 2.87. The number of hydrogen-bond acceptors (Lipinski definition) is 4. The van der Waals surface area contributed by atoms with E-state index < -0.39 is 0 Å². The van der Waals surface area contributed by atoms with Crippen molar-refractivity contribution in [2.24, 2.45) is 5.92 Å². The van der Waals surface area contributed by atoms with Crippen molar-refractivity contribution in [1.82, 2.24) is 0 Å². The summed E-state index contributed by atoms with van der Waals surface area (Å²) in [6, 6.07) is 8.65. The number of nitrogen functional groups attached to an aromatic ring is 1. The van der Waals surface area contributed by atoms with E-state index in [1.165, 1.54) is 11.3 Å². The molecule has 6 heteroatoms. The fourth-order valence-electron chi connectivity index (χ4n) is 1.62. The summed E-state index contributed by atoms with van der Waals surface area (Å²) in [6.07, 6.45) is 0. The van der Waals surface area contributed by atoms with E-state index in [4.69, 9.17) is 5.73 Å². The number of carbonyl (C=O) groups excluding carboxylic acids is 2. The first kappa shape index (κ1) is 15.1. The lowest BCUT2D eigenvalue weighted by molar-refractivity contribution is -0.118. The summed E-state index contributed by atoms with van der Waals surface area (Å²) in [5.41, 5.74) is 7.52. The summed E-state index contributed by atoms with van der Waals surface area (Å²) < 4.78 is 0. The zero-order valence-electron chi connectivity index (χ0n) is 11.8. The van der Waals surface area contributed by atoms with Gasteiger partial charge in [0.15, 0.2) is 0 Å². The largest absolute Gasteiger partial charge is 0.397 e. The van der Waals surface area contributed by atoms with Crippen LogP contribution in [0.2, 0.25) is 0 Å². The number of nitrogens with one attached hydrogen (secondary N) is 2. The second-order valence-corrected chi connectivity index (χ2v) is 5.80. The van der Waals surface area contributed by atoms with Gasteiger partial charge in [-0.25, -0.2) is 0 Å². The number of amides is 2. The molecule has 4 N–H and O–H groups in total. The maximum absolute atomic E-state index is 12.0. The lowest BCUT2D eigenvalue weighted by atomic mass is 10.2. The number of carbonyl (C=O) groups is 2. The summed E-state index contributed by atoms with van der Waals surface area (Å²) >= 11 is 1.30. The van der Waals surface area contributed by atoms with E-state index in [1.807, 2.05) is 13.8 Å². The Balaban J connectivity index is 2.01. The van der Waals surface area contributed by atoms with Crippen LogP contribution in [-0.4, -0.2) is 11.8 Å². The summed E-state index contributed by atoms with van der Waals surface area (Å²) in [7, 11) is 0. The van der Waals surface area contributed by atoms with Crippen molar-refractivity contribution in [3.63, 3.8) is 0 Å². The van der Waals surface area contributed by atoms with Gasteiger partial charge in [-0.1, -0.05) is 13.8 Å². The molecule has 2 amide bonds. The quantitative estimate of drug-likeness (QED) is 0.811. The van der Waals surface area contributed by atoms with Crippen molar-refractivity contribution in [2.75, 3.05) is 16.4 Å². The van der Waals surface area contributed by atoms with E-state index in [-0.39, 0.29) is 17.7 Å². The van der Waals surface area contributed by atoms with Gasteiger partial charge in [0.2, 0.25) is 5.91 Å². The van der Waals surface area contributed by atoms with Gasteiger partial charge >= 0.3 is 0 Å². The number of rotatable bonds is 4. The number of nitrogens with two attached hydrogens (primary N) is 1. The normalized spacial score (nSPS) is 10.4. The van der Waals surface area contributed by atoms with Crippen LogP contribution in [0.1, 0.15) is 23.5 Å². The molecule has 2 rings (SSSR count). The molecule has 0 unspecified atom stereocenters. The van der Waals surface area contributed by atoms with E-state index in [0.29, 0.717) is 21.9 Å². The second kappa shape index (κ2) is 6.41. The first-order chi connectivity index (χ1) is 9.97. The lowest BCUT2D eigenvalue weighted by Crippen LogP contribution is -2.17. The molecular weight excluding hydrogens is 286 g/mol. The van der Waals surface area contributed by atoms with E-state index in [0.717, 1.165) is 0 Å². The van der Waals surface area contributed by atoms with Gasteiger partial charge in [0.1, 0.15) is 4.88 Å². The van der Waals surface area contributed by atoms with Crippen molar-refractivity contribution in [3.8, 4) is 0 Å². The summed E-state index contributed by atoms with van der Waals surface area (Å²) in [5, 5.41) is 7.33. The fraction of sp³-hybridized carbons (Fsp3) is 0.200. The predicted octanol–water partition coefficient (Wildman–Crippen LogP) is 3.18. The van der Waals surface area contributed by atoms with Crippen LogP contribution in [0.3, 0.4) is 0 Å². The second-order valence-electron chi connectivity index (χ2n) is 4.88. The summed E-state index contributed by atoms with van der Waals surface area (Å²) in [6.45, 7) is 3.66. The van der Waals surface area contributed by atoms with Gasteiger partial charge in [0, 0.05) is 17.3 Å². The summed E-state index contributed by atoms with van der Waals surface area (Å²) in [5.74, 6) is -0.356. The monoisotopic (exact) mass is 303 g/mol. The van der Waals surface area contributed by atoms with Crippen LogP contribution >= 0.6 is 11.3 Å². The van der Waals surface area contributed by atoms with Gasteiger partial charge in [0.05, 0.1) is 5.69 Å². The first-order valence-electron chi connectivity index (χ1n) is 6.52. The predicted molar refractivity (Wildman–Crippen MR) is 86.6 cm³/mol. The van der Waals surface area contributed by atoms with E-state index in [9.17, 15) is 9.59 Å². The van der Waals surface area contributed by atoms with Gasteiger partial charge in [-0.3, -0.25) is 9.59 Å². The smallest absolute Gasteiger partial charge is 0.267 e. The molecule has 1 aromatic heterocycles. The number of anilines is 3. The van der Waals surface area contributed by atoms with Crippen LogP contribution in [0.5, 0.6) is 0 Å². The fourth-order valence-corrected chi connectivity index (χ4v) is 2.33. The van der Waals surface area contributed by atoms with Gasteiger partial charge in [-0.2, -0.15) is 0 Å². The highest BCUT2D eigenvalue weighted by Crippen LogP contribution is 2.21. The average molecular weight is 303 g/mol. The molecular formula is C15H17N3O2S. The molecule has 0 aliphatic rings. The summed E-state index contributed by atoms with van der Waals surface area (Å²) in [4.78, 5) is 24.1. The molecule has 0 saturated carbocycles. The molecule has 0 saturated heterocycles. The van der Waals surface area contributed by atoms with Crippen molar-refractivity contribution in [1.29, 1.82) is 0 Å². The Hall–Kier alpha value is -2.34. The van der Waals surface area contributed by atoms with Gasteiger partial charge < -0.3 is 16.4 Å². The first-order valence-corrected chi connectivity index (χ1v) is 7.40. The van der Waals surface area contributed by atoms with Gasteiger partial charge in [0.25, 0.3) is 5.91 Å². The van der Waals surface area contributed by atoms with Crippen LogP contribution in [-0.2, 0) is 4.79 Å². The molecule has 0 atom stereocenters. The number of benzene rings is 1. The minimum Gasteiger partial charge on any atom is -0.397 e. The molecule has 0 aliphatic carbocycles. The standard InChI is InChI=1S/C15H17N3O2S/c1-9(2)14(19)17-10-3-5-11(6-4-10)18-15(20)13-12(16)7-8-21-13/h3-9H,16H2,1-2H3,(H,17,19)(H,18,20).